The van der Waals surface area contributed by atoms with Gasteiger partial charge in [-0.3, -0.25) is 4.98 Å². The zero-order valence-electron chi connectivity index (χ0n) is 5.66. The summed E-state index contributed by atoms with van der Waals surface area (Å²) in [6, 6.07) is 1.76. The highest BCUT2D eigenvalue weighted by Crippen LogP contribution is 2.17. The van der Waals surface area contributed by atoms with Gasteiger partial charge in [0.1, 0.15) is 0 Å². The molecule has 4 heteroatoms. The maximum absolute atomic E-state index is 5.59. The van der Waals surface area contributed by atoms with Crippen LogP contribution in [0.25, 0.3) is 0 Å². The average Bonchev–Trinajstić information content (AvgIpc) is 1.94. The second-order valence-corrected chi connectivity index (χ2v) is 2.38. The number of hydrogen-bond donors (Lipinski definition) is 2. The third kappa shape index (κ3) is 1.54. The van der Waals surface area contributed by atoms with Gasteiger partial charge in [0.2, 0.25) is 0 Å². The summed E-state index contributed by atoms with van der Waals surface area (Å²) in [6.45, 7) is 0. The Hall–Kier alpha value is -0.900. The Bertz CT molecular complexity index is 214. The lowest BCUT2D eigenvalue weighted by molar-refractivity contribution is 1.34. The van der Waals surface area contributed by atoms with E-state index in [9.17, 15) is 0 Å². The number of hydrogen-bond acceptors (Lipinski definition) is 4. The van der Waals surface area contributed by atoms with Crippen molar-refractivity contribution in [2.75, 3.05) is 16.7 Å². The van der Waals surface area contributed by atoms with E-state index in [0.717, 1.165) is 11.4 Å². The molecule has 0 spiro atoms. The van der Waals surface area contributed by atoms with E-state index in [-0.39, 0.29) is 0 Å². The second kappa shape index (κ2) is 3.31. The lowest BCUT2D eigenvalue weighted by Crippen LogP contribution is -1.93. The third-order valence-corrected chi connectivity index (χ3v) is 1.49. The highest BCUT2D eigenvalue weighted by atomic mass is 32.2. The molecule has 0 bridgehead atoms. The van der Waals surface area contributed by atoms with Crippen molar-refractivity contribution in [1.82, 2.24) is 4.98 Å². The smallest absolute Gasteiger partial charge is 0.0859 e. The first-order valence-corrected chi connectivity index (χ1v) is 4.05. The molecule has 54 valence electrons. The van der Waals surface area contributed by atoms with Crippen LogP contribution >= 0.6 is 11.9 Å². The summed E-state index contributed by atoms with van der Waals surface area (Å²) in [5.74, 6) is 0. The molecule has 0 aromatic carbocycles. The molecule has 3 N–H and O–H groups in total. The van der Waals surface area contributed by atoms with Crippen molar-refractivity contribution < 1.29 is 0 Å². The molecule has 0 fully saturated rings. The SMILES string of the molecule is CSNc1cnccc1N. The van der Waals surface area contributed by atoms with E-state index in [1.54, 1.807) is 18.5 Å². The van der Waals surface area contributed by atoms with Crippen molar-refractivity contribution in [3.63, 3.8) is 0 Å². The molecule has 1 rings (SSSR count). The second-order valence-electron chi connectivity index (χ2n) is 1.77. The van der Waals surface area contributed by atoms with Gasteiger partial charge < -0.3 is 10.5 Å². The normalized spacial score (nSPS) is 9.30. The number of nitrogen functional groups attached to an aromatic ring is 1. The van der Waals surface area contributed by atoms with Gasteiger partial charge in [-0.1, -0.05) is 11.9 Å². The van der Waals surface area contributed by atoms with Crippen LogP contribution in [0.15, 0.2) is 18.5 Å². The first-order chi connectivity index (χ1) is 4.84. The molecule has 0 saturated carbocycles. The molecule has 3 nitrogen and oxygen atoms in total. The molecule has 0 aliphatic rings. The van der Waals surface area contributed by atoms with Gasteiger partial charge in [0.25, 0.3) is 0 Å². The van der Waals surface area contributed by atoms with Crippen LogP contribution < -0.4 is 10.5 Å². The number of rotatable bonds is 2. The van der Waals surface area contributed by atoms with Crippen molar-refractivity contribution in [2.45, 2.75) is 0 Å². The number of nitrogens with zero attached hydrogens (tertiary/aromatic N) is 1. The summed E-state index contributed by atoms with van der Waals surface area (Å²) >= 11 is 1.50. The molecule has 0 aliphatic carbocycles. The van der Waals surface area contributed by atoms with Gasteiger partial charge in [0, 0.05) is 12.5 Å². The Labute approximate surface area is 64.2 Å². The van der Waals surface area contributed by atoms with E-state index in [4.69, 9.17) is 5.73 Å². The fourth-order valence-electron chi connectivity index (χ4n) is 0.600. The van der Waals surface area contributed by atoms with Crippen LogP contribution in [0.3, 0.4) is 0 Å². The first kappa shape index (κ1) is 7.21. The van der Waals surface area contributed by atoms with E-state index < -0.39 is 0 Å². The molecule has 1 aromatic heterocycles. The molecule has 10 heavy (non-hydrogen) atoms. The van der Waals surface area contributed by atoms with Crippen molar-refractivity contribution in [3.8, 4) is 0 Å². The summed E-state index contributed by atoms with van der Waals surface area (Å²) < 4.78 is 3.00. The van der Waals surface area contributed by atoms with E-state index in [0.29, 0.717) is 0 Å². The Morgan fingerprint density at radius 3 is 3.10 bits per heavy atom. The maximum Gasteiger partial charge on any atom is 0.0859 e. The van der Waals surface area contributed by atoms with Gasteiger partial charge >= 0.3 is 0 Å². The van der Waals surface area contributed by atoms with E-state index in [2.05, 4.69) is 9.71 Å². The zero-order valence-corrected chi connectivity index (χ0v) is 6.48. The fraction of sp³-hybridized carbons (Fsp3) is 0.167. The van der Waals surface area contributed by atoms with Gasteiger partial charge in [0.15, 0.2) is 0 Å². The van der Waals surface area contributed by atoms with E-state index >= 15 is 0 Å². The summed E-state index contributed by atoms with van der Waals surface area (Å²) in [7, 11) is 0. The molecule has 0 aliphatic heterocycles. The van der Waals surface area contributed by atoms with Gasteiger partial charge in [-0.2, -0.15) is 0 Å². The Morgan fingerprint density at radius 2 is 2.50 bits per heavy atom. The summed E-state index contributed by atoms with van der Waals surface area (Å²) in [6.07, 6.45) is 5.30. The van der Waals surface area contributed by atoms with Crippen molar-refractivity contribution >= 4 is 23.3 Å². The third-order valence-electron chi connectivity index (χ3n) is 1.07. The van der Waals surface area contributed by atoms with Crippen molar-refractivity contribution in [3.05, 3.63) is 18.5 Å². The number of anilines is 2. The van der Waals surface area contributed by atoms with E-state index in [1.165, 1.54) is 11.9 Å². The van der Waals surface area contributed by atoms with Crippen LogP contribution in [0.5, 0.6) is 0 Å². The quantitative estimate of drug-likeness (QED) is 0.633. The molecule has 0 radical (unpaired) electrons. The lowest BCUT2D eigenvalue weighted by Gasteiger charge is -2.02. The zero-order chi connectivity index (χ0) is 7.40. The Morgan fingerprint density at radius 1 is 1.70 bits per heavy atom. The molecule has 0 saturated heterocycles. The van der Waals surface area contributed by atoms with Crippen molar-refractivity contribution in [2.24, 2.45) is 0 Å². The summed E-state index contributed by atoms with van der Waals surface area (Å²) in [5, 5.41) is 0. The fourth-order valence-corrected chi connectivity index (χ4v) is 0.991. The molecular weight excluding hydrogens is 146 g/mol. The molecule has 0 atom stereocenters. The van der Waals surface area contributed by atoms with Crippen LogP contribution in [0, 0.1) is 0 Å². The van der Waals surface area contributed by atoms with Gasteiger partial charge in [-0.05, 0) is 6.07 Å². The summed E-state index contributed by atoms with van der Waals surface area (Å²) in [5.41, 5.74) is 7.19. The van der Waals surface area contributed by atoms with Crippen LogP contribution in [-0.4, -0.2) is 11.2 Å². The average molecular weight is 155 g/mol. The molecule has 0 amide bonds. The van der Waals surface area contributed by atoms with Crippen molar-refractivity contribution in [1.29, 1.82) is 0 Å². The minimum atomic E-state index is 0.726. The van der Waals surface area contributed by atoms with Gasteiger partial charge in [0.05, 0.1) is 17.6 Å². The number of nitrogens with one attached hydrogen (secondary N) is 1. The van der Waals surface area contributed by atoms with Crippen LogP contribution in [-0.2, 0) is 0 Å². The van der Waals surface area contributed by atoms with Crippen LogP contribution in [0.1, 0.15) is 0 Å². The monoisotopic (exact) mass is 155 g/mol. The lowest BCUT2D eigenvalue weighted by atomic mass is 10.4. The molecule has 1 heterocycles. The molecule has 0 unspecified atom stereocenters. The molecular formula is C6H9N3S. The predicted octanol–water partition coefficient (Wildman–Crippen LogP) is 1.35. The number of aromatic nitrogens is 1. The van der Waals surface area contributed by atoms with Crippen LogP contribution in [0.2, 0.25) is 0 Å². The summed E-state index contributed by atoms with van der Waals surface area (Å²) in [4.78, 5) is 3.91. The highest BCUT2D eigenvalue weighted by Gasteiger charge is 1.93. The minimum absolute atomic E-state index is 0.726. The van der Waals surface area contributed by atoms with Crippen LogP contribution in [0.4, 0.5) is 11.4 Å². The largest absolute Gasteiger partial charge is 0.397 e. The minimum Gasteiger partial charge on any atom is -0.397 e. The standard InChI is InChI=1S/C6H9N3S/c1-10-9-6-4-8-3-2-5(6)7/h2-4,9H,1H3,(H2,7,8). The maximum atomic E-state index is 5.59. The first-order valence-electron chi connectivity index (χ1n) is 2.83. The Balaban J connectivity index is 2.81. The highest BCUT2D eigenvalue weighted by molar-refractivity contribution is 7.99. The van der Waals surface area contributed by atoms with E-state index in [1.807, 2.05) is 6.26 Å². The van der Waals surface area contributed by atoms with Gasteiger partial charge in [-0.25, -0.2) is 0 Å². The number of nitrogens with two attached hydrogens (primary N) is 1. The topological polar surface area (TPSA) is 50.9 Å². The Kier molecular flexibility index (Phi) is 2.39. The predicted molar refractivity (Wildman–Crippen MR) is 45.8 cm³/mol. The number of pyridine rings is 1. The molecule has 1 aromatic rings. The van der Waals surface area contributed by atoms with Gasteiger partial charge in [-0.15, -0.1) is 0 Å².